The van der Waals surface area contributed by atoms with E-state index in [-0.39, 0.29) is 5.41 Å². The fourth-order valence-electron chi connectivity index (χ4n) is 8.05. The number of rotatable bonds is 5. The van der Waals surface area contributed by atoms with Gasteiger partial charge in [-0.15, -0.1) is 11.3 Å². The predicted molar refractivity (Wildman–Crippen MR) is 220 cm³/mol. The maximum absolute atomic E-state index is 5.44. The lowest BCUT2D eigenvalue weighted by Gasteiger charge is -2.24. The van der Waals surface area contributed by atoms with E-state index in [4.69, 9.17) is 9.97 Å². The summed E-state index contributed by atoms with van der Waals surface area (Å²) in [5.74, 6) is 0.739. The highest BCUT2D eigenvalue weighted by molar-refractivity contribution is 7.25. The molecule has 0 spiro atoms. The van der Waals surface area contributed by atoms with Gasteiger partial charge in [0.15, 0.2) is 5.82 Å². The quantitative estimate of drug-likeness (QED) is 0.181. The molecule has 0 fully saturated rings. The van der Waals surface area contributed by atoms with E-state index >= 15 is 0 Å². The van der Waals surface area contributed by atoms with Crippen molar-refractivity contribution >= 4 is 31.5 Å². The van der Waals surface area contributed by atoms with Gasteiger partial charge in [0.2, 0.25) is 0 Å². The molecule has 3 heteroatoms. The van der Waals surface area contributed by atoms with Gasteiger partial charge in [-0.1, -0.05) is 147 Å². The molecule has 1 aliphatic carbocycles. The van der Waals surface area contributed by atoms with Crippen molar-refractivity contribution in [1.29, 1.82) is 0 Å². The third-order valence-corrected chi connectivity index (χ3v) is 11.8. The third kappa shape index (κ3) is 5.00. The molecule has 0 atom stereocenters. The molecule has 0 saturated heterocycles. The smallest absolute Gasteiger partial charge is 0.160 e. The summed E-state index contributed by atoms with van der Waals surface area (Å²) in [6.45, 7) is 4.61. The summed E-state index contributed by atoms with van der Waals surface area (Å²) in [6.07, 6.45) is 0. The van der Waals surface area contributed by atoms with Crippen molar-refractivity contribution < 1.29 is 0 Å². The highest BCUT2D eigenvalue weighted by atomic mass is 32.1. The lowest BCUT2D eigenvalue weighted by atomic mass is 9.80. The van der Waals surface area contributed by atoms with Crippen LogP contribution >= 0.6 is 11.3 Å². The first-order valence-electron chi connectivity index (χ1n) is 17.8. The minimum atomic E-state index is -0.258. The second-order valence-electron chi connectivity index (χ2n) is 14.2. The number of aromatic nitrogens is 2. The molecule has 0 unspecified atom stereocenters. The Morgan fingerprint density at radius 1 is 0.404 bits per heavy atom. The Hall–Kier alpha value is -6.16. The summed E-state index contributed by atoms with van der Waals surface area (Å²) >= 11 is 1.86. The molecular weight excluding hydrogens is 649 g/mol. The molecule has 0 amide bonds. The summed E-state index contributed by atoms with van der Waals surface area (Å²) in [7, 11) is 0. The van der Waals surface area contributed by atoms with Crippen molar-refractivity contribution in [3.8, 4) is 67.3 Å². The molecule has 10 rings (SSSR count). The molecule has 0 aliphatic heterocycles. The fraction of sp³-hybridized carbons (Fsp3) is 0.0612. The first-order chi connectivity index (χ1) is 25.5. The first-order valence-corrected chi connectivity index (χ1v) is 18.6. The summed E-state index contributed by atoms with van der Waals surface area (Å²) in [5, 5.41) is 2.64. The van der Waals surface area contributed by atoms with E-state index in [1.54, 1.807) is 0 Å². The Morgan fingerprint density at radius 2 is 0.942 bits per heavy atom. The average molecular weight is 683 g/mol. The maximum Gasteiger partial charge on any atom is 0.160 e. The van der Waals surface area contributed by atoms with E-state index in [9.17, 15) is 0 Å². The van der Waals surface area contributed by atoms with Crippen molar-refractivity contribution in [3.63, 3.8) is 0 Å². The molecule has 0 N–H and O–H groups in total. The van der Waals surface area contributed by atoms with Crippen LogP contribution in [0.5, 0.6) is 0 Å². The van der Waals surface area contributed by atoms with Crippen molar-refractivity contribution in [1.82, 2.24) is 9.97 Å². The zero-order valence-corrected chi connectivity index (χ0v) is 29.8. The summed E-state index contributed by atoms with van der Waals surface area (Å²) < 4.78 is 2.65. The lowest BCUT2D eigenvalue weighted by Crippen LogP contribution is -2.17. The first kappa shape index (κ1) is 30.6. The van der Waals surface area contributed by atoms with Crippen molar-refractivity contribution in [2.75, 3.05) is 0 Å². The lowest BCUT2D eigenvalue weighted by molar-refractivity contribution is 0.658. The molecule has 2 aromatic heterocycles. The van der Waals surface area contributed by atoms with Crippen molar-refractivity contribution in [3.05, 3.63) is 181 Å². The van der Waals surface area contributed by atoms with Gasteiger partial charge < -0.3 is 0 Å². The number of benzene rings is 7. The van der Waals surface area contributed by atoms with E-state index in [2.05, 4.69) is 184 Å². The van der Waals surface area contributed by atoms with Crippen LogP contribution in [0.15, 0.2) is 170 Å². The van der Waals surface area contributed by atoms with Gasteiger partial charge >= 0.3 is 0 Å². The van der Waals surface area contributed by atoms with Gasteiger partial charge in [0.1, 0.15) is 0 Å². The van der Waals surface area contributed by atoms with Crippen LogP contribution < -0.4 is 0 Å². The number of nitrogens with zero attached hydrogens (tertiary/aromatic N) is 2. The van der Waals surface area contributed by atoms with Gasteiger partial charge in [0.05, 0.1) is 11.4 Å². The molecule has 52 heavy (non-hydrogen) atoms. The van der Waals surface area contributed by atoms with Crippen LogP contribution in [0.25, 0.3) is 87.5 Å². The van der Waals surface area contributed by atoms with Gasteiger partial charge in [-0.05, 0) is 75.3 Å². The van der Waals surface area contributed by atoms with E-state index in [0.717, 1.165) is 39.5 Å². The number of hydrogen-bond donors (Lipinski definition) is 0. The normalized spacial score (nSPS) is 13.0. The van der Waals surface area contributed by atoms with Gasteiger partial charge in [-0.25, -0.2) is 9.97 Å². The largest absolute Gasteiger partial charge is 0.228 e. The van der Waals surface area contributed by atoms with E-state index in [1.165, 1.54) is 59.1 Å². The summed E-state index contributed by atoms with van der Waals surface area (Å²) in [6, 6.07) is 61.2. The third-order valence-electron chi connectivity index (χ3n) is 10.7. The topological polar surface area (TPSA) is 25.8 Å². The number of fused-ring (bicyclic) bond motifs is 6. The zero-order valence-electron chi connectivity index (χ0n) is 29.0. The highest BCUT2D eigenvalue weighted by Gasteiger charge is 2.40. The number of hydrogen-bond acceptors (Lipinski definition) is 3. The number of thiophene rings is 1. The van der Waals surface area contributed by atoms with Gasteiger partial charge in [-0.3, -0.25) is 0 Å². The van der Waals surface area contributed by atoms with Gasteiger partial charge in [0, 0.05) is 47.8 Å². The minimum Gasteiger partial charge on any atom is -0.228 e. The van der Waals surface area contributed by atoms with Gasteiger partial charge in [-0.2, -0.15) is 0 Å². The molecule has 0 bridgehead atoms. The van der Waals surface area contributed by atoms with Crippen molar-refractivity contribution in [2.24, 2.45) is 0 Å². The molecule has 0 saturated carbocycles. The standard InChI is InChI=1S/C49H34N2S/c1-49(2)42-23-8-6-22-40(42)47-45(49)46(50-48(51-47)38-20-12-15-32(29-38)31-13-4-3-5-14-31)37-19-11-18-35(28-37)33-16-10-17-34(27-33)36-25-26-44-41(30-36)39-21-7-9-24-43(39)52-44/h3-30H,1-2H3. The Kier molecular flexibility index (Phi) is 7.06. The molecule has 9 aromatic rings. The molecule has 0 radical (unpaired) electrons. The average Bonchev–Trinajstić information content (AvgIpc) is 3.69. The van der Waals surface area contributed by atoms with E-state index in [0.29, 0.717) is 0 Å². The molecule has 2 heterocycles. The molecule has 2 nitrogen and oxygen atoms in total. The van der Waals surface area contributed by atoms with Crippen LogP contribution in [0.4, 0.5) is 0 Å². The SMILES string of the molecule is CC1(C)c2ccccc2-c2nc(-c3cccc(-c4ccccc4)c3)nc(-c3cccc(-c4cccc(-c5ccc6sc7ccccc7c6c5)c4)c3)c21. The molecule has 246 valence electrons. The molecule has 1 aliphatic rings. The zero-order chi connectivity index (χ0) is 34.8. The molecule has 7 aromatic carbocycles. The Bertz CT molecular complexity index is 2830. The van der Waals surface area contributed by atoms with Gasteiger partial charge in [0.25, 0.3) is 0 Å². The Labute approximate surface area is 307 Å². The van der Waals surface area contributed by atoms with Crippen LogP contribution in [-0.4, -0.2) is 9.97 Å². The second kappa shape index (κ2) is 12.0. The van der Waals surface area contributed by atoms with Crippen LogP contribution in [0.3, 0.4) is 0 Å². The Morgan fingerprint density at radius 3 is 1.73 bits per heavy atom. The van der Waals surface area contributed by atoms with Crippen LogP contribution in [0.1, 0.15) is 25.0 Å². The minimum absolute atomic E-state index is 0.258. The van der Waals surface area contributed by atoms with E-state index in [1.807, 2.05) is 11.3 Å². The maximum atomic E-state index is 5.44. The van der Waals surface area contributed by atoms with Crippen LogP contribution in [-0.2, 0) is 5.41 Å². The highest BCUT2D eigenvalue weighted by Crippen LogP contribution is 2.51. The summed E-state index contributed by atoms with van der Waals surface area (Å²) in [5.41, 5.74) is 14.6. The Balaban J connectivity index is 1.11. The second-order valence-corrected chi connectivity index (χ2v) is 15.3. The summed E-state index contributed by atoms with van der Waals surface area (Å²) in [4.78, 5) is 10.8. The van der Waals surface area contributed by atoms with Crippen LogP contribution in [0.2, 0.25) is 0 Å². The predicted octanol–water partition coefficient (Wildman–Crippen LogP) is 13.5. The fourth-order valence-corrected chi connectivity index (χ4v) is 9.14. The van der Waals surface area contributed by atoms with E-state index < -0.39 is 0 Å². The van der Waals surface area contributed by atoms with Crippen LogP contribution in [0, 0.1) is 0 Å². The monoisotopic (exact) mass is 682 g/mol. The molecular formula is C49H34N2S. The van der Waals surface area contributed by atoms with Crippen molar-refractivity contribution in [2.45, 2.75) is 19.3 Å².